The van der Waals surface area contributed by atoms with Crippen molar-refractivity contribution in [3.8, 4) is 0 Å². The van der Waals surface area contributed by atoms with Crippen LogP contribution in [0.2, 0.25) is 0 Å². The zero-order valence-electron chi connectivity index (χ0n) is 11.2. The molecule has 0 saturated carbocycles. The Kier molecular flexibility index (Phi) is 0.906. The molecule has 0 saturated heterocycles. The van der Waals surface area contributed by atoms with Gasteiger partial charge in [-0.05, 0) is 24.5 Å². The summed E-state index contributed by atoms with van der Waals surface area (Å²) in [6, 6.07) is -2.08. The lowest BCUT2D eigenvalue weighted by Gasteiger charge is -1.98. The van der Waals surface area contributed by atoms with Gasteiger partial charge >= 0.3 is 5.97 Å². The molecular formula is C8H7BrO2. The average Bonchev–Trinajstić information content (AvgIpc) is 2.12. The van der Waals surface area contributed by atoms with E-state index < -0.39 is 42.1 Å². The second kappa shape index (κ2) is 3.05. The Morgan fingerprint density at radius 3 is 3.09 bits per heavy atom. The zero-order chi connectivity index (χ0) is 13.5. The van der Waals surface area contributed by atoms with E-state index in [9.17, 15) is 4.79 Å². The molecule has 0 aliphatic rings. The number of carbonyl (C=O) groups is 1. The molecule has 0 heterocycles. The average molecular weight is 221 g/mol. The van der Waals surface area contributed by atoms with Crippen LogP contribution >= 0.6 is 15.9 Å². The van der Waals surface area contributed by atoms with Crippen molar-refractivity contribution in [1.82, 2.24) is 0 Å². The molecule has 0 aromatic heterocycles. The van der Waals surface area contributed by atoms with Gasteiger partial charge in [-0.2, -0.15) is 0 Å². The lowest BCUT2D eigenvalue weighted by Crippen LogP contribution is -1.95. The van der Waals surface area contributed by atoms with Gasteiger partial charge in [0.15, 0.2) is 0 Å². The fraction of sp³-hybridized carbons (Fsp3) is 0.125. The highest BCUT2D eigenvalue weighted by Gasteiger charge is 2.03. The van der Waals surface area contributed by atoms with Gasteiger partial charge in [-0.15, -0.1) is 0 Å². The van der Waals surface area contributed by atoms with Gasteiger partial charge in [0.2, 0.25) is 0 Å². The highest BCUT2D eigenvalue weighted by Crippen LogP contribution is 2.17. The second-order valence-electron chi connectivity index (χ2n) is 1.74. The monoisotopic (exact) mass is 220 g/mol. The molecule has 11 heavy (non-hydrogen) atoms. The summed E-state index contributed by atoms with van der Waals surface area (Å²) in [6.07, 6.45) is 0. The molecular weight excluding hydrogens is 208 g/mol. The predicted molar refractivity (Wildman–Crippen MR) is 45.8 cm³/mol. The van der Waals surface area contributed by atoms with Gasteiger partial charge in [0.25, 0.3) is 0 Å². The van der Waals surface area contributed by atoms with Crippen LogP contribution in [-0.4, -0.2) is 11.1 Å². The van der Waals surface area contributed by atoms with Crippen molar-refractivity contribution in [2.45, 2.75) is 6.85 Å². The van der Waals surface area contributed by atoms with Crippen LogP contribution in [0.4, 0.5) is 0 Å². The molecule has 2 nitrogen and oxygen atoms in total. The molecule has 0 atom stereocenters. The summed E-state index contributed by atoms with van der Waals surface area (Å²) in [7, 11) is 0. The number of carboxylic acids is 1. The minimum atomic E-state index is -2.68. The van der Waals surface area contributed by atoms with Crippen LogP contribution in [0.1, 0.15) is 24.1 Å². The SMILES string of the molecule is [2H]c1c([2H])c(C([2H])([2H])[2H])c(Br)c([2H])c1C(=O)O. The summed E-state index contributed by atoms with van der Waals surface area (Å²) in [5.41, 5.74) is -1.20. The van der Waals surface area contributed by atoms with E-state index in [1.165, 1.54) is 0 Å². The van der Waals surface area contributed by atoms with Crippen LogP contribution in [0.25, 0.3) is 0 Å². The van der Waals surface area contributed by atoms with Crippen LogP contribution < -0.4 is 0 Å². The molecule has 1 aromatic rings. The Labute approximate surface area is 81.4 Å². The molecule has 0 unspecified atom stereocenters. The third-order valence-corrected chi connectivity index (χ3v) is 1.58. The van der Waals surface area contributed by atoms with Crippen molar-refractivity contribution in [2.75, 3.05) is 0 Å². The molecule has 58 valence electrons. The molecule has 0 aliphatic carbocycles. The number of carboxylic acid groups (broad SMARTS) is 1. The van der Waals surface area contributed by atoms with Crippen molar-refractivity contribution in [1.29, 1.82) is 0 Å². The number of benzene rings is 1. The largest absolute Gasteiger partial charge is 0.478 e. The van der Waals surface area contributed by atoms with Crippen LogP contribution in [0.3, 0.4) is 0 Å². The van der Waals surface area contributed by atoms with Gasteiger partial charge in [-0.3, -0.25) is 0 Å². The fourth-order valence-electron chi connectivity index (χ4n) is 0.490. The van der Waals surface area contributed by atoms with Crippen LogP contribution in [0.15, 0.2) is 22.6 Å². The van der Waals surface area contributed by atoms with E-state index in [-0.39, 0.29) is 4.47 Å². The number of rotatable bonds is 1. The van der Waals surface area contributed by atoms with E-state index in [1.54, 1.807) is 0 Å². The Morgan fingerprint density at radius 2 is 2.55 bits per heavy atom. The molecule has 0 amide bonds. The van der Waals surface area contributed by atoms with Gasteiger partial charge in [-0.1, -0.05) is 22.0 Å². The minimum absolute atomic E-state index is 0.282. The highest BCUT2D eigenvalue weighted by molar-refractivity contribution is 9.10. The van der Waals surface area contributed by atoms with Gasteiger partial charge in [-0.25, -0.2) is 4.79 Å². The minimum Gasteiger partial charge on any atom is -0.478 e. The summed E-state index contributed by atoms with van der Waals surface area (Å²) in [5, 5.41) is 8.80. The summed E-state index contributed by atoms with van der Waals surface area (Å²) in [4.78, 5) is 10.8. The number of hydrogen-bond acceptors (Lipinski definition) is 1. The molecule has 1 rings (SSSR count). The number of aromatic carboxylic acids is 1. The zero-order valence-corrected chi connectivity index (χ0v) is 6.82. The highest BCUT2D eigenvalue weighted by atomic mass is 79.9. The quantitative estimate of drug-likeness (QED) is 0.790. The Morgan fingerprint density at radius 1 is 1.82 bits per heavy atom. The van der Waals surface area contributed by atoms with Gasteiger partial charge in [0, 0.05) is 8.58 Å². The first-order valence-electron chi connectivity index (χ1n) is 5.62. The van der Waals surface area contributed by atoms with Crippen molar-refractivity contribution in [2.24, 2.45) is 0 Å². The molecule has 1 aromatic carbocycles. The molecule has 0 fully saturated rings. The topological polar surface area (TPSA) is 37.3 Å². The predicted octanol–water partition coefficient (Wildman–Crippen LogP) is 2.46. The van der Waals surface area contributed by atoms with Gasteiger partial charge < -0.3 is 5.11 Å². The maximum Gasteiger partial charge on any atom is 0.335 e. The van der Waals surface area contributed by atoms with Crippen LogP contribution in [0.5, 0.6) is 0 Å². The number of halogens is 1. The first-order valence-corrected chi connectivity index (χ1v) is 3.41. The van der Waals surface area contributed by atoms with E-state index in [0.29, 0.717) is 0 Å². The van der Waals surface area contributed by atoms with Crippen molar-refractivity contribution < 1.29 is 18.1 Å². The molecule has 1 N–H and O–H groups in total. The number of hydrogen-bond donors (Lipinski definition) is 1. The van der Waals surface area contributed by atoms with Crippen LogP contribution in [-0.2, 0) is 0 Å². The maximum absolute atomic E-state index is 10.8. The van der Waals surface area contributed by atoms with Gasteiger partial charge in [0.05, 0.1) is 9.68 Å². The van der Waals surface area contributed by atoms with Crippen molar-refractivity contribution in [3.05, 3.63) is 33.7 Å². The van der Waals surface area contributed by atoms with E-state index in [1.807, 2.05) is 0 Å². The van der Waals surface area contributed by atoms with E-state index in [4.69, 9.17) is 13.3 Å². The Bertz CT molecular complexity index is 467. The summed E-state index contributed by atoms with van der Waals surface area (Å²) >= 11 is 2.81. The summed E-state index contributed by atoms with van der Waals surface area (Å²) < 4.78 is 43.7. The fourth-order valence-corrected chi connectivity index (χ4v) is 0.788. The third-order valence-electron chi connectivity index (χ3n) is 0.981. The van der Waals surface area contributed by atoms with Crippen molar-refractivity contribution in [3.63, 3.8) is 0 Å². The summed E-state index contributed by atoms with van der Waals surface area (Å²) in [6.45, 7) is -2.68. The van der Waals surface area contributed by atoms with Crippen LogP contribution in [0, 0.1) is 6.85 Å². The molecule has 0 bridgehead atoms. The summed E-state index contributed by atoms with van der Waals surface area (Å²) in [5.74, 6) is -1.54. The maximum atomic E-state index is 10.8. The smallest absolute Gasteiger partial charge is 0.335 e. The molecule has 3 heteroatoms. The Balaban J connectivity index is 3.77. The lowest BCUT2D eigenvalue weighted by molar-refractivity contribution is 0.0697. The van der Waals surface area contributed by atoms with E-state index >= 15 is 0 Å². The molecule has 0 aliphatic heterocycles. The second-order valence-corrected chi connectivity index (χ2v) is 2.54. The van der Waals surface area contributed by atoms with Crippen molar-refractivity contribution >= 4 is 21.9 Å². The normalized spacial score (nSPS) is 18.6. The molecule has 0 radical (unpaired) electrons. The first-order chi connectivity index (χ1) is 7.59. The van der Waals surface area contributed by atoms with E-state index in [2.05, 4.69) is 15.9 Å². The van der Waals surface area contributed by atoms with E-state index in [0.717, 1.165) is 0 Å². The first kappa shape index (κ1) is 3.27. The lowest BCUT2D eigenvalue weighted by atomic mass is 10.2. The van der Waals surface area contributed by atoms with Gasteiger partial charge in [0.1, 0.15) is 0 Å². The molecule has 0 spiro atoms. The standard InChI is InChI=1S/C8H7BrO2/c1-5-2-3-6(8(10)11)4-7(5)9/h2-4H,1H3,(H,10,11)/i1D3,2D,3D,4D. The Hall–Kier alpha value is -0.830. The third kappa shape index (κ3) is 1.80.